The van der Waals surface area contributed by atoms with E-state index in [9.17, 15) is 4.39 Å². The Labute approximate surface area is 115 Å². The van der Waals surface area contributed by atoms with Crippen LogP contribution < -0.4 is 5.32 Å². The SMILES string of the molecule is Fc1ccc(Br)c(CNCC2CCSCC2)c1. The maximum Gasteiger partial charge on any atom is 0.123 e. The van der Waals surface area contributed by atoms with Gasteiger partial charge in [0.25, 0.3) is 0 Å². The number of halogens is 2. The zero-order chi connectivity index (χ0) is 12.1. The lowest BCUT2D eigenvalue weighted by Gasteiger charge is -2.21. The van der Waals surface area contributed by atoms with Crippen molar-refractivity contribution in [3.05, 3.63) is 34.1 Å². The smallest absolute Gasteiger partial charge is 0.123 e. The van der Waals surface area contributed by atoms with Crippen molar-refractivity contribution >= 4 is 27.7 Å². The van der Waals surface area contributed by atoms with Gasteiger partial charge in [-0.2, -0.15) is 11.8 Å². The van der Waals surface area contributed by atoms with Crippen molar-refractivity contribution < 1.29 is 4.39 Å². The number of nitrogens with one attached hydrogen (secondary N) is 1. The quantitative estimate of drug-likeness (QED) is 0.906. The number of benzene rings is 1. The first-order chi connectivity index (χ1) is 8.25. The van der Waals surface area contributed by atoms with Crippen molar-refractivity contribution in [2.75, 3.05) is 18.1 Å². The zero-order valence-corrected chi connectivity index (χ0v) is 12.1. The van der Waals surface area contributed by atoms with Gasteiger partial charge in [0, 0.05) is 11.0 Å². The van der Waals surface area contributed by atoms with Gasteiger partial charge >= 0.3 is 0 Å². The number of rotatable bonds is 4. The van der Waals surface area contributed by atoms with Crippen LogP contribution in [0.4, 0.5) is 4.39 Å². The Kier molecular flexibility index (Phi) is 5.32. The van der Waals surface area contributed by atoms with Crippen molar-refractivity contribution in [3.63, 3.8) is 0 Å². The van der Waals surface area contributed by atoms with E-state index in [1.165, 1.54) is 30.4 Å². The highest BCUT2D eigenvalue weighted by molar-refractivity contribution is 9.10. The van der Waals surface area contributed by atoms with E-state index in [2.05, 4.69) is 21.2 Å². The molecule has 17 heavy (non-hydrogen) atoms. The topological polar surface area (TPSA) is 12.0 Å². The lowest BCUT2D eigenvalue weighted by molar-refractivity contribution is 0.447. The minimum Gasteiger partial charge on any atom is -0.312 e. The molecule has 0 aliphatic carbocycles. The average Bonchev–Trinajstić information content (AvgIpc) is 2.35. The maximum atomic E-state index is 13.1. The molecule has 1 fully saturated rings. The molecule has 1 nitrogen and oxygen atoms in total. The third-order valence-corrected chi connectivity index (χ3v) is 4.92. The fraction of sp³-hybridized carbons (Fsp3) is 0.538. The van der Waals surface area contributed by atoms with E-state index in [0.717, 1.165) is 29.0 Å². The molecular formula is C13H17BrFNS. The molecule has 1 N–H and O–H groups in total. The number of thioether (sulfide) groups is 1. The molecule has 0 amide bonds. The molecule has 2 rings (SSSR count). The lowest BCUT2D eigenvalue weighted by atomic mass is 10.0. The fourth-order valence-electron chi connectivity index (χ4n) is 2.04. The Morgan fingerprint density at radius 2 is 2.12 bits per heavy atom. The van der Waals surface area contributed by atoms with E-state index < -0.39 is 0 Å². The highest BCUT2D eigenvalue weighted by Gasteiger charge is 2.13. The Bertz CT molecular complexity index is 366. The lowest BCUT2D eigenvalue weighted by Crippen LogP contribution is -2.25. The second-order valence-corrected chi connectivity index (χ2v) is 6.50. The summed E-state index contributed by atoms with van der Waals surface area (Å²) in [7, 11) is 0. The normalized spacial score (nSPS) is 17.3. The first-order valence-corrected chi connectivity index (χ1v) is 7.93. The molecule has 0 spiro atoms. The maximum absolute atomic E-state index is 13.1. The van der Waals surface area contributed by atoms with Gasteiger partial charge in [0.1, 0.15) is 5.82 Å². The molecule has 0 radical (unpaired) electrons. The minimum atomic E-state index is -0.168. The van der Waals surface area contributed by atoms with Crippen molar-refractivity contribution in [1.29, 1.82) is 0 Å². The summed E-state index contributed by atoms with van der Waals surface area (Å²) in [6, 6.07) is 4.84. The summed E-state index contributed by atoms with van der Waals surface area (Å²) in [5, 5.41) is 3.43. The van der Waals surface area contributed by atoms with Gasteiger partial charge in [-0.1, -0.05) is 15.9 Å². The van der Waals surface area contributed by atoms with Crippen LogP contribution in [-0.4, -0.2) is 18.1 Å². The second-order valence-electron chi connectivity index (χ2n) is 4.42. The first kappa shape index (κ1) is 13.4. The van der Waals surface area contributed by atoms with E-state index >= 15 is 0 Å². The highest BCUT2D eigenvalue weighted by atomic mass is 79.9. The summed E-state index contributed by atoms with van der Waals surface area (Å²) in [5.41, 5.74) is 0.996. The summed E-state index contributed by atoms with van der Waals surface area (Å²) < 4.78 is 14.1. The molecule has 4 heteroatoms. The fourth-order valence-corrected chi connectivity index (χ4v) is 3.63. The van der Waals surface area contributed by atoms with Gasteiger partial charge < -0.3 is 5.32 Å². The van der Waals surface area contributed by atoms with E-state index in [-0.39, 0.29) is 5.82 Å². The van der Waals surface area contributed by atoms with Crippen molar-refractivity contribution in [2.24, 2.45) is 5.92 Å². The van der Waals surface area contributed by atoms with Gasteiger partial charge in [0.05, 0.1) is 0 Å². The molecule has 0 bridgehead atoms. The highest BCUT2D eigenvalue weighted by Crippen LogP contribution is 2.22. The molecule has 1 aromatic rings. The van der Waals surface area contributed by atoms with Crippen molar-refractivity contribution in [1.82, 2.24) is 5.32 Å². The molecule has 1 saturated heterocycles. The standard InChI is InChI=1S/C13H17BrFNS/c14-13-2-1-12(15)7-11(13)9-16-8-10-3-5-17-6-4-10/h1-2,7,10,16H,3-6,8-9H2. The van der Waals surface area contributed by atoms with Crippen molar-refractivity contribution in [2.45, 2.75) is 19.4 Å². The van der Waals surface area contributed by atoms with Gasteiger partial charge in [0.2, 0.25) is 0 Å². The van der Waals surface area contributed by atoms with Crippen molar-refractivity contribution in [3.8, 4) is 0 Å². The summed E-state index contributed by atoms with van der Waals surface area (Å²) in [6.07, 6.45) is 2.62. The average molecular weight is 318 g/mol. The van der Waals surface area contributed by atoms with Crippen LogP contribution in [0.3, 0.4) is 0 Å². The van der Waals surface area contributed by atoms with Crippen LogP contribution in [0.2, 0.25) is 0 Å². The molecule has 1 aliphatic heterocycles. The molecule has 1 aliphatic rings. The van der Waals surface area contributed by atoms with Crippen LogP contribution in [0.5, 0.6) is 0 Å². The van der Waals surface area contributed by atoms with E-state index in [4.69, 9.17) is 0 Å². The van der Waals surface area contributed by atoms with Crippen LogP contribution in [0, 0.1) is 11.7 Å². The summed E-state index contributed by atoms with van der Waals surface area (Å²) in [6.45, 7) is 1.78. The Morgan fingerprint density at radius 3 is 2.88 bits per heavy atom. The van der Waals surface area contributed by atoms with Gasteiger partial charge in [-0.3, -0.25) is 0 Å². The molecule has 0 saturated carbocycles. The molecular weight excluding hydrogens is 301 g/mol. The Morgan fingerprint density at radius 1 is 1.35 bits per heavy atom. The monoisotopic (exact) mass is 317 g/mol. The van der Waals surface area contributed by atoms with Crippen LogP contribution in [0.15, 0.2) is 22.7 Å². The molecule has 0 aromatic heterocycles. The Balaban J connectivity index is 1.79. The predicted octanol–water partition coefficient (Wildman–Crippen LogP) is 3.82. The van der Waals surface area contributed by atoms with E-state index in [0.29, 0.717) is 0 Å². The summed E-state index contributed by atoms with van der Waals surface area (Å²) >= 11 is 5.49. The summed E-state index contributed by atoms with van der Waals surface area (Å²) in [5.74, 6) is 3.20. The predicted molar refractivity (Wildman–Crippen MR) is 75.9 cm³/mol. The summed E-state index contributed by atoms with van der Waals surface area (Å²) in [4.78, 5) is 0. The van der Waals surface area contributed by atoms with Crippen LogP contribution in [0.25, 0.3) is 0 Å². The van der Waals surface area contributed by atoms with E-state index in [1.807, 2.05) is 11.8 Å². The molecule has 1 aromatic carbocycles. The number of hydrogen-bond donors (Lipinski definition) is 1. The number of hydrogen-bond acceptors (Lipinski definition) is 2. The second kappa shape index (κ2) is 6.76. The van der Waals surface area contributed by atoms with Gasteiger partial charge in [0.15, 0.2) is 0 Å². The first-order valence-electron chi connectivity index (χ1n) is 5.98. The van der Waals surface area contributed by atoms with Gasteiger partial charge in [-0.05, 0) is 60.6 Å². The van der Waals surface area contributed by atoms with Gasteiger partial charge in [-0.25, -0.2) is 4.39 Å². The van der Waals surface area contributed by atoms with Crippen LogP contribution in [-0.2, 0) is 6.54 Å². The zero-order valence-electron chi connectivity index (χ0n) is 9.72. The molecule has 0 unspecified atom stereocenters. The van der Waals surface area contributed by atoms with Gasteiger partial charge in [-0.15, -0.1) is 0 Å². The third kappa shape index (κ3) is 4.27. The minimum absolute atomic E-state index is 0.168. The van der Waals surface area contributed by atoms with E-state index in [1.54, 1.807) is 12.1 Å². The molecule has 0 atom stereocenters. The third-order valence-electron chi connectivity index (χ3n) is 3.10. The molecule has 94 valence electrons. The molecule has 1 heterocycles. The van der Waals surface area contributed by atoms with Crippen LogP contribution in [0.1, 0.15) is 18.4 Å². The Hall–Kier alpha value is -0.0600. The largest absolute Gasteiger partial charge is 0.312 e. The van der Waals surface area contributed by atoms with Crippen LogP contribution >= 0.6 is 27.7 Å².